The number of carbonyl (C=O) groups is 2. The molecule has 1 heterocycles. The van der Waals surface area contributed by atoms with Crippen molar-refractivity contribution in [3.8, 4) is 11.5 Å². The number of carboxylic acids is 1. The number of rotatable bonds is 6. The summed E-state index contributed by atoms with van der Waals surface area (Å²) in [5.41, 5.74) is 0.186. The van der Waals surface area contributed by atoms with E-state index in [4.69, 9.17) is 9.84 Å². The number of thioether (sulfide) groups is 1. The summed E-state index contributed by atoms with van der Waals surface area (Å²) >= 11 is 1.05. The summed E-state index contributed by atoms with van der Waals surface area (Å²) in [5, 5.41) is 30.6. The van der Waals surface area contributed by atoms with E-state index in [2.05, 4.69) is 4.99 Å². The predicted molar refractivity (Wildman–Crippen MR) is 115 cm³/mol. The van der Waals surface area contributed by atoms with Gasteiger partial charge in [-0.15, -0.1) is 0 Å². The van der Waals surface area contributed by atoms with E-state index < -0.39 is 22.3 Å². The van der Waals surface area contributed by atoms with Crippen LogP contribution >= 0.6 is 11.8 Å². The van der Waals surface area contributed by atoms with Crippen LogP contribution in [0.5, 0.6) is 11.5 Å². The van der Waals surface area contributed by atoms with Crippen LogP contribution in [0.4, 0.5) is 11.4 Å². The van der Waals surface area contributed by atoms with Crippen LogP contribution in [0, 0.1) is 10.1 Å². The molecule has 0 unspecified atom stereocenters. The van der Waals surface area contributed by atoms with E-state index in [-0.39, 0.29) is 22.1 Å². The van der Waals surface area contributed by atoms with E-state index >= 15 is 0 Å². The van der Waals surface area contributed by atoms with Crippen molar-refractivity contribution < 1.29 is 29.5 Å². The Morgan fingerprint density at radius 3 is 2.71 bits per heavy atom. The monoisotopic (exact) mass is 443 g/mol. The van der Waals surface area contributed by atoms with Crippen LogP contribution in [-0.2, 0) is 4.79 Å². The minimum atomic E-state index is -1.09. The normalized spacial score (nSPS) is 16.2. The Kier molecular flexibility index (Phi) is 6.25. The second kappa shape index (κ2) is 8.88. The van der Waals surface area contributed by atoms with Crippen LogP contribution in [0.25, 0.3) is 6.08 Å². The molecule has 1 aliphatic rings. The lowest BCUT2D eigenvalue weighted by Crippen LogP contribution is -2.28. The average Bonchev–Trinajstić information content (AvgIpc) is 3.02. The second-order valence-electron chi connectivity index (χ2n) is 6.26. The topological polar surface area (TPSA) is 143 Å². The molecule has 0 aromatic heterocycles. The Labute approximate surface area is 180 Å². The number of hydrogen-bond acceptors (Lipinski definition) is 8. The van der Waals surface area contributed by atoms with Gasteiger partial charge in [0, 0.05) is 12.6 Å². The summed E-state index contributed by atoms with van der Waals surface area (Å²) in [6, 6.07) is 8.52. The lowest BCUT2D eigenvalue weighted by atomic mass is 10.1. The molecule has 3 rings (SSSR count). The van der Waals surface area contributed by atoms with Gasteiger partial charge in [0.1, 0.15) is 0 Å². The largest absolute Gasteiger partial charge is 0.500 e. The van der Waals surface area contributed by atoms with Crippen molar-refractivity contribution in [2.24, 2.45) is 4.99 Å². The van der Waals surface area contributed by atoms with Gasteiger partial charge in [0.25, 0.3) is 5.91 Å². The number of amidine groups is 1. The third kappa shape index (κ3) is 4.51. The highest BCUT2D eigenvalue weighted by atomic mass is 32.2. The highest BCUT2D eigenvalue weighted by molar-refractivity contribution is 8.18. The molecule has 1 saturated heterocycles. The first-order valence-corrected chi connectivity index (χ1v) is 9.75. The number of benzene rings is 2. The zero-order valence-corrected chi connectivity index (χ0v) is 17.3. The Hall–Kier alpha value is -3.86. The van der Waals surface area contributed by atoms with Crippen LogP contribution in [0.2, 0.25) is 0 Å². The molecule has 1 amide bonds. The van der Waals surface area contributed by atoms with E-state index in [1.807, 2.05) is 0 Å². The Morgan fingerprint density at radius 1 is 1.35 bits per heavy atom. The molecule has 10 nitrogen and oxygen atoms in total. The molecule has 2 aromatic rings. The highest BCUT2D eigenvalue weighted by Gasteiger charge is 2.32. The summed E-state index contributed by atoms with van der Waals surface area (Å²) in [4.78, 5) is 40.5. The van der Waals surface area contributed by atoms with Gasteiger partial charge in [0.05, 0.1) is 28.2 Å². The molecule has 2 N–H and O–H groups in total. The molecule has 0 aliphatic carbocycles. The molecule has 0 bridgehead atoms. The standard InChI is InChI=1S/C20H17N3O7S/c1-3-22-18(25)16(9-11-7-14(23(28)29)17(24)15(8-11)30-2)31-20(22)21-13-6-4-5-12(10-13)19(26)27/h4-10,24H,3H2,1-2H3,(H,26,27)/b16-9-,21-20?. The van der Waals surface area contributed by atoms with Crippen LogP contribution in [-0.4, -0.2) is 50.7 Å². The van der Waals surface area contributed by atoms with Gasteiger partial charge in [0.2, 0.25) is 5.75 Å². The lowest BCUT2D eigenvalue weighted by molar-refractivity contribution is -0.386. The number of nitro benzene ring substituents is 1. The third-order valence-electron chi connectivity index (χ3n) is 4.31. The Bertz CT molecular complexity index is 1140. The molecule has 0 atom stereocenters. The number of aliphatic imine (C=N–C) groups is 1. The number of nitrogens with zero attached hydrogens (tertiary/aromatic N) is 3. The number of ether oxygens (including phenoxy) is 1. The van der Waals surface area contributed by atoms with Crippen molar-refractivity contribution in [1.82, 2.24) is 4.90 Å². The molecule has 1 aliphatic heterocycles. The van der Waals surface area contributed by atoms with Crippen molar-refractivity contribution in [2.45, 2.75) is 6.92 Å². The number of methoxy groups -OCH3 is 1. The number of carboxylic acid groups (broad SMARTS) is 1. The fourth-order valence-corrected chi connectivity index (χ4v) is 3.89. The van der Waals surface area contributed by atoms with Gasteiger partial charge in [-0.25, -0.2) is 9.79 Å². The maximum absolute atomic E-state index is 12.8. The molecule has 2 aromatic carbocycles. The minimum absolute atomic E-state index is 0.0680. The van der Waals surface area contributed by atoms with Crippen molar-refractivity contribution in [3.63, 3.8) is 0 Å². The molecular formula is C20H17N3O7S. The lowest BCUT2D eigenvalue weighted by Gasteiger charge is -2.12. The van der Waals surface area contributed by atoms with Crippen molar-refractivity contribution >= 4 is 46.3 Å². The Balaban J connectivity index is 2.01. The van der Waals surface area contributed by atoms with Gasteiger partial charge in [-0.1, -0.05) is 6.07 Å². The van der Waals surface area contributed by atoms with E-state index in [0.29, 0.717) is 23.0 Å². The highest BCUT2D eigenvalue weighted by Crippen LogP contribution is 2.39. The number of hydrogen-bond donors (Lipinski definition) is 2. The second-order valence-corrected chi connectivity index (χ2v) is 7.27. The molecule has 0 spiro atoms. The number of phenols is 1. The average molecular weight is 443 g/mol. The van der Waals surface area contributed by atoms with Crippen molar-refractivity contribution in [1.29, 1.82) is 0 Å². The summed E-state index contributed by atoms with van der Waals surface area (Å²) in [5.74, 6) is -2.14. The smallest absolute Gasteiger partial charge is 0.335 e. The third-order valence-corrected chi connectivity index (χ3v) is 5.32. The fraction of sp³-hybridized carbons (Fsp3) is 0.150. The molecule has 1 fully saturated rings. The van der Waals surface area contributed by atoms with Gasteiger partial charge in [-0.3, -0.25) is 19.8 Å². The first-order chi connectivity index (χ1) is 14.7. The van der Waals surface area contributed by atoms with Gasteiger partial charge >= 0.3 is 11.7 Å². The molecule has 0 radical (unpaired) electrons. The minimum Gasteiger partial charge on any atom is -0.500 e. The number of carbonyl (C=O) groups excluding carboxylic acids is 1. The van der Waals surface area contributed by atoms with Gasteiger partial charge in [-0.05, 0) is 54.6 Å². The Morgan fingerprint density at radius 2 is 2.10 bits per heavy atom. The number of amides is 1. The van der Waals surface area contributed by atoms with E-state index in [9.17, 15) is 24.8 Å². The van der Waals surface area contributed by atoms with Crippen LogP contribution in [0.1, 0.15) is 22.8 Å². The number of nitro groups is 1. The number of aromatic carboxylic acids is 1. The van der Waals surface area contributed by atoms with E-state index in [1.54, 1.807) is 19.1 Å². The zero-order valence-electron chi connectivity index (χ0n) is 16.4. The number of phenolic OH excluding ortho intramolecular Hbond substituents is 1. The van der Waals surface area contributed by atoms with Gasteiger partial charge < -0.3 is 14.9 Å². The molecule has 11 heteroatoms. The van der Waals surface area contributed by atoms with Crippen molar-refractivity contribution in [2.75, 3.05) is 13.7 Å². The van der Waals surface area contributed by atoms with Crippen LogP contribution in [0.15, 0.2) is 46.3 Å². The molecule has 160 valence electrons. The van der Waals surface area contributed by atoms with E-state index in [0.717, 1.165) is 17.8 Å². The van der Waals surface area contributed by atoms with E-state index in [1.165, 1.54) is 36.3 Å². The molecular weight excluding hydrogens is 426 g/mol. The molecule has 0 saturated carbocycles. The number of likely N-dealkylation sites (N-methyl/N-ethyl adjacent to an activating group) is 1. The first-order valence-electron chi connectivity index (χ1n) is 8.94. The SMILES string of the molecule is CCN1C(=O)/C(=C/c2cc(OC)c(O)c([N+](=O)[O-])c2)SC1=Nc1cccc(C(=O)O)c1. The summed E-state index contributed by atoms with van der Waals surface area (Å²) in [7, 11) is 1.26. The maximum Gasteiger partial charge on any atom is 0.335 e. The summed E-state index contributed by atoms with van der Waals surface area (Å²) in [6.07, 6.45) is 1.45. The van der Waals surface area contributed by atoms with Crippen LogP contribution in [0.3, 0.4) is 0 Å². The van der Waals surface area contributed by atoms with Gasteiger partial charge in [0.15, 0.2) is 10.9 Å². The zero-order chi connectivity index (χ0) is 22.7. The predicted octanol–water partition coefficient (Wildman–Crippen LogP) is 3.63. The quantitative estimate of drug-likeness (QED) is 0.391. The summed E-state index contributed by atoms with van der Waals surface area (Å²) in [6.45, 7) is 2.08. The maximum atomic E-state index is 12.8. The first kappa shape index (κ1) is 21.8. The van der Waals surface area contributed by atoms with Gasteiger partial charge in [-0.2, -0.15) is 0 Å². The van der Waals surface area contributed by atoms with Crippen molar-refractivity contribution in [3.05, 3.63) is 62.5 Å². The molecule has 31 heavy (non-hydrogen) atoms. The van der Waals surface area contributed by atoms with Crippen LogP contribution < -0.4 is 4.74 Å². The summed E-state index contributed by atoms with van der Waals surface area (Å²) < 4.78 is 4.98. The fourth-order valence-electron chi connectivity index (χ4n) is 2.83. The number of aromatic hydroxyl groups is 1.